The Balaban J connectivity index is 1.98. The molecule has 0 aromatic heterocycles. The van der Waals surface area contributed by atoms with Crippen molar-refractivity contribution in [1.82, 2.24) is 4.90 Å². The molecule has 0 N–H and O–H groups in total. The number of piperidine rings is 1. The van der Waals surface area contributed by atoms with Crippen LogP contribution in [0.2, 0.25) is 10.0 Å². The molecule has 0 atom stereocenters. The first-order valence-corrected chi connectivity index (χ1v) is 7.12. The monoisotopic (exact) mass is 321 g/mol. The Morgan fingerprint density at radius 3 is 2.56 bits per heavy atom. The number of hydrogen-bond acceptors (Lipinski definition) is 1. The maximum Gasteiger partial charge on any atom is 0.0465 e. The van der Waals surface area contributed by atoms with Crippen molar-refractivity contribution >= 4 is 39.1 Å². The second-order valence-electron chi connectivity index (χ2n) is 4.19. The summed E-state index contributed by atoms with van der Waals surface area (Å²) in [6, 6.07) is 5.74. The number of rotatable bonds is 2. The molecule has 1 aliphatic heterocycles. The van der Waals surface area contributed by atoms with E-state index in [1.807, 2.05) is 18.2 Å². The predicted molar refractivity (Wildman–Crippen MR) is 73.7 cm³/mol. The highest BCUT2D eigenvalue weighted by atomic mass is 79.9. The van der Waals surface area contributed by atoms with Crippen LogP contribution in [0.4, 0.5) is 0 Å². The predicted octanol–water partition coefficient (Wildman–Crippen LogP) is 4.35. The van der Waals surface area contributed by atoms with Crippen molar-refractivity contribution in [2.24, 2.45) is 0 Å². The number of benzene rings is 1. The summed E-state index contributed by atoms with van der Waals surface area (Å²) in [5, 5.41) is 1.47. The van der Waals surface area contributed by atoms with E-state index in [2.05, 4.69) is 20.8 Å². The average Bonchev–Trinajstić information content (AvgIpc) is 2.25. The van der Waals surface area contributed by atoms with Gasteiger partial charge in [0.15, 0.2) is 0 Å². The van der Waals surface area contributed by atoms with E-state index < -0.39 is 0 Å². The highest BCUT2D eigenvalue weighted by Gasteiger charge is 2.17. The van der Waals surface area contributed by atoms with Crippen molar-refractivity contribution in [1.29, 1.82) is 0 Å². The van der Waals surface area contributed by atoms with E-state index in [1.54, 1.807) is 0 Å². The highest BCUT2D eigenvalue weighted by Crippen LogP contribution is 2.24. The largest absolute Gasteiger partial charge is 0.299 e. The summed E-state index contributed by atoms with van der Waals surface area (Å²) in [5.41, 5.74) is 1.17. The maximum atomic E-state index is 6.16. The van der Waals surface area contributed by atoms with Crippen LogP contribution < -0.4 is 0 Å². The van der Waals surface area contributed by atoms with Crippen LogP contribution in [0.3, 0.4) is 0 Å². The van der Waals surface area contributed by atoms with Crippen LogP contribution in [0.25, 0.3) is 0 Å². The van der Waals surface area contributed by atoms with Gasteiger partial charge in [-0.15, -0.1) is 0 Å². The summed E-state index contributed by atoms with van der Waals surface area (Å²) in [6.45, 7) is 3.19. The smallest absolute Gasteiger partial charge is 0.0465 e. The molecule has 16 heavy (non-hydrogen) atoms. The van der Waals surface area contributed by atoms with Gasteiger partial charge in [-0.3, -0.25) is 4.90 Å². The molecule has 0 saturated carbocycles. The van der Waals surface area contributed by atoms with E-state index in [0.717, 1.165) is 24.7 Å². The van der Waals surface area contributed by atoms with Crippen LogP contribution in [0.1, 0.15) is 18.4 Å². The van der Waals surface area contributed by atoms with Gasteiger partial charge in [0.05, 0.1) is 0 Å². The fourth-order valence-corrected chi connectivity index (χ4v) is 2.83. The topological polar surface area (TPSA) is 3.24 Å². The van der Waals surface area contributed by atoms with Gasteiger partial charge in [-0.2, -0.15) is 0 Å². The van der Waals surface area contributed by atoms with Crippen molar-refractivity contribution in [3.8, 4) is 0 Å². The van der Waals surface area contributed by atoms with Gasteiger partial charge >= 0.3 is 0 Å². The van der Waals surface area contributed by atoms with Crippen molar-refractivity contribution in [2.75, 3.05) is 13.1 Å². The van der Waals surface area contributed by atoms with Gasteiger partial charge in [0.25, 0.3) is 0 Å². The van der Waals surface area contributed by atoms with Crippen LogP contribution >= 0.6 is 39.1 Å². The zero-order valence-corrected chi connectivity index (χ0v) is 12.0. The Bertz CT molecular complexity index is 362. The SMILES string of the molecule is Clc1ccc(CN2CCC(Br)CC2)c(Cl)c1. The molecule has 0 spiro atoms. The average molecular weight is 323 g/mol. The van der Waals surface area contributed by atoms with Gasteiger partial charge < -0.3 is 0 Å². The van der Waals surface area contributed by atoms with Gasteiger partial charge in [0.2, 0.25) is 0 Å². The lowest BCUT2D eigenvalue weighted by Gasteiger charge is -2.29. The Kier molecular flexibility index (Phi) is 4.54. The summed E-state index contributed by atoms with van der Waals surface area (Å²) in [4.78, 5) is 3.12. The number of alkyl halides is 1. The second-order valence-corrected chi connectivity index (χ2v) is 6.33. The molecule has 0 radical (unpaired) electrons. The Morgan fingerprint density at radius 1 is 1.25 bits per heavy atom. The molecule has 0 unspecified atom stereocenters. The van der Waals surface area contributed by atoms with E-state index in [4.69, 9.17) is 23.2 Å². The fraction of sp³-hybridized carbons (Fsp3) is 0.500. The van der Waals surface area contributed by atoms with Crippen molar-refractivity contribution in [3.05, 3.63) is 33.8 Å². The van der Waals surface area contributed by atoms with Crippen molar-refractivity contribution < 1.29 is 0 Å². The molecule has 0 aliphatic carbocycles. The first-order valence-electron chi connectivity index (χ1n) is 5.45. The minimum atomic E-state index is 0.685. The third kappa shape index (κ3) is 3.36. The number of likely N-dealkylation sites (tertiary alicyclic amines) is 1. The molecule has 4 heteroatoms. The summed E-state index contributed by atoms with van der Waals surface area (Å²) in [6.07, 6.45) is 2.43. The lowest BCUT2D eigenvalue weighted by atomic mass is 10.1. The normalized spacial score (nSPS) is 18.9. The van der Waals surface area contributed by atoms with Gasteiger partial charge in [-0.05, 0) is 43.6 Å². The third-order valence-electron chi connectivity index (χ3n) is 2.93. The molecule has 0 bridgehead atoms. The van der Waals surface area contributed by atoms with E-state index in [9.17, 15) is 0 Å². The van der Waals surface area contributed by atoms with Crippen molar-refractivity contribution in [3.63, 3.8) is 0 Å². The molecule has 0 amide bonds. The summed E-state index contributed by atoms with van der Waals surface area (Å²) in [7, 11) is 0. The van der Waals surface area contributed by atoms with Crippen LogP contribution in [0, 0.1) is 0 Å². The van der Waals surface area contributed by atoms with Crippen LogP contribution in [0.15, 0.2) is 18.2 Å². The lowest BCUT2D eigenvalue weighted by Crippen LogP contribution is -2.33. The number of halogens is 3. The summed E-state index contributed by atoms with van der Waals surface area (Å²) >= 11 is 15.7. The molecule has 1 fully saturated rings. The molecule has 88 valence electrons. The van der Waals surface area contributed by atoms with Gasteiger partial charge in [0.1, 0.15) is 0 Å². The van der Waals surface area contributed by atoms with E-state index in [-0.39, 0.29) is 0 Å². The molecule has 2 rings (SSSR count). The molecule has 1 heterocycles. The number of nitrogens with zero attached hydrogens (tertiary/aromatic N) is 1. The first-order chi connectivity index (χ1) is 7.65. The molecular weight excluding hydrogens is 309 g/mol. The standard InChI is InChI=1S/C12H14BrCl2N/c13-10-3-5-16(6-4-10)8-9-1-2-11(14)7-12(9)15/h1-2,7,10H,3-6,8H2. The van der Waals surface area contributed by atoms with E-state index in [0.29, 0.717) is 9.85 Å². The Hall–Kier alpha value is 0.240. The third-order valence-corrected chi connectivity index (χ3v) is 4.43. The minimum Gasteiger partial charge on any atom is -0.299 e. The molecule has 1 aromatic carbocycles. The zero-order chi connectivity index (χ0) is 11.5. The molecule has 1 nitrogen and oxygen atoms in total. The van der Waals surface area contributed by atoms with Crippen LogP contribution in [0.5, 0.6) is 0 Å². The highest BCUT2D eigenvalue weighted by molar-refractivity contribution is 9.09. The Morgan fingerprint density at radius 2 is 1.94 bits per heavy atom. The first kappa shape index (κ1) is 12.7. The van der Waals surface area contributed by atoms with Gasteiger partial charge in [0, 0.05) is 21.4 Å². The summed E-state index contributed by atoms with van der Waals surface area (Å²) < 4.78 is 0. The maximum absolute atomic E-state index is 6.16. The molecule has 1 aliphatic rings. The minimum absolute atomic E-state index is 0.685. The lowest BCUT2D eigenvalue weighted by molar-refractivity contribution is 0.226. The molecule has 1 aromatic rings. The van der Waals surface area contributed by atoms with E-state index in [1.165, 1.54) is 18.4 Å². The quantitative estimate of drug-likeness (QED) is 0.731. The second kappa shape index (κ2) is 5.72. The summed E-state index contributed by atoms with van der Waals surface area (Å²) in [5.74, 6) is 0. The van der Waals surface area contributed by atoms with Gasteiger partial charge in [-0.1, -0.05) is 45.2 Å². The fourth-order valence-electron chi connectivity index (χ4n) is 1.95. The van der Waals surface area contributed by atoms with Crippen LogP contribution in [-0.2, 0) is 6.54 Å². The van der Waals surface area contributed by atoms with Gasteiger partial charge in [-0.25, -0.2) is 0 Å². The van der Waals surface area contributed by atoms with Crippen molar-refractivity contribution in [2.45, 2.75) is 24.2 Å². The molecular formula is C12H14BrCl2N. The van der Waals surface area contributed by atoms with E-state index >= 15 is 0 Å². The van der Waals surface area contributed by atoms with Crippen LogP contribution in [-0.4, -0.2) is 22.8 Å². The Labute approximate surface area is 115 Å². The number of hydrogen-bond donors (Lipinski definition) is 0. The zero-order valence-electron chi connectivity index (χ0n) is 8.93. The molecule has 1 saturated heterocycles.